The molecule has 3 atom stereocenters. The van der Waals surface area contributed by atoms with Crippen molar-refractivity contribution in [3.63, 3.8) is 0 Å². The number of ether oxygens (including phenoxy) is 1. The molecule has 2 aliphatic rings. The number of morpholine rings is 1. The van der Waals surface area contributed by atoms with E-state index < -0.39 is 0 Å². The highest BCUT2D eigenvalue weighted by Crippen LogP contribution is 2.22. The van der Waals surface area contributed by atoms with Crippen molar-refractivity contribution in [1.82, 2.24) is 25.5 Å². The van der Waals surface area contributed by atoms with Crippen molar-refractivity contribution in [2.45, 2.75) is 87.2 Å². The van der Waals surface area contributed by atoms with Crippen molar-refractivity contribution >= 4 is 22.5 Å². The Bertz CT molecular complexity index is 1370. The highest BCUT2D eigenvalue weighted by molar-refractivity contribution is 5.94. The van der Waals surface area contributed by atoms with E-state index in [0.29, 0.717) is 12.1 Å². The average Bonchev–Trinajstić information content (AvgIpc) is 2.99. The van der Waals surface area contributed by atoms with Crippen molar-refractivity contribution in [3.8, 4) is 0 Å². The van der Waals surface area contributed by atoms with Crippen LogP contribution in [-0.4, -0.2) is 52.2 Å². The molecule has 7 nitrogen and oxygen atoms in total. The summed E-state index contributed by atoms with van der Waals surface area (Å²) >= 11 is 0. The van der Waals surface area contributed by atoms with Crippen molar-refractivity contribution in [3.05, 3.63) is 88.4 Å². The summed E-state index contributed by atoms with van der Waals surface area (Å²) in [5.74, 6) is -0.101. The minimum atomic E-state index is -0.101. The molecule has 5 rings (SSSR count). The molecule has 1 aromatic carbocycles. The van der Waals surface area contributed by atoms with E-state index in [1.165, 1.54) is 5.56 Å². The molecule has 0 bridgehead atoms. The van der Waals surface area contributed by atoms with E-state index in [2.05, 4.69) is 59.5 Å². The number of rotatable bonds is 5. The maximum atomic E-state index is 12.8. The second-order valence-corrected chi connectivity index (χ2v) is 10.2. The Kier molecular flexibility index (Phi) is 11.6. The number of fused-ring (bicyclic) bond motifs is 1. The summed E-state index contributed by atoms with van der Waals surface area (Å²) in [7, 11) is 0. The van der Waals surface area contributed by atoms with Crippen molar-refractivity contribution in [1.29, 1.82) is 0 Å². The lowest BCUT2D eigenvalue weighted by atomic mass is 10.0. The first-order valence-electron chi connectivity index (χ1n) is 14.9. The topological polar surface area (TPSA) is 79.4 Å². The molecule has 0 spiro atoms. The highest BCUT2D eigenvalue weighted by atomic mass is 16.5. The molecular weight excluding hydrogens is 510 g/mol. The van der Waals surface area contributed by atoms with E-state index in [1.807, 2.05) is 78.1 Å². The van der Waals surface area contributed by atoms with Crippen LogP contribution in [0.2, 0.25) is 0 Å². The largest absolute Gasteiger partial charge is 0.373 e. The van der Waals surface area contributed by atoms with Crippen LogP contribution in [0.3, 0.4) is 0 Å². The van der Waals surface area contributed by atoms with Crippen LogP contribution in [-0.2, 0) is 11.3 Å². The van der Waals surface area contributed by atoms with Gasteiger partial charge in [0.25, 0.3) is 5.91 Å². The normalized spacial score (nSPS) is 20.1. The highest BCUT2D eigenvalue weighted by Gasteiger charge is 2.28. The third-order valence-corrected chi connectivity index (χ3v) is 7.23. The number of dihydropyridines is 1. The number of carbonyl (C=O) groups excluding carboxylic acids is 1. The molecule has 0 radical (unpaired) electrons. The van der Waals surface area contributed by atoms with Gasteiger partial charge in [0, 0.05) is 31.7 Å². The van der Waals surface area contributed by atoms with Gasteiger partial charge in [-0.3, -0.25) is 14.7 Å². The maximum Gasteiger partial charge on any atom is 0.251 e. The minimum Gasteiger partial charge on any atom is -0.373 e. The van der Waals surface area contributed by atoms with Gasteiger partial charge in [-0.15, -0.1) is 0 Å². The lowest BCUT2D eigenvalue weighted by molar-refractivity contribution is -0.0770. The lowest BCUT2D eigenvalue weighted by Crippen LogP contribution is -2.54. The van der Waals surface area contributed by atoms with Crippen LogP contribution in [0.4, 0.5) is 0 Å². The van der Waals surface area contributed by atoms with E-state index in [9.17, 15) is 4.79 Å². The van der Waals surface area contributed by atoms with Gasteiger partial charge in [0.1, 0.15) is 0 Å². The number of aryl methyl sites for hydroxylation is 2. The molecule has 3 aromatic rings. The zero-order chi connectivity index (χ0) is 30.1. The summed E-state index contributed by atoms with van der Waals surface area (Å²) in [6.07, 6.45) is 8.66. The Morgan fingerprint density at radius 2 is 1.71 bits per heavy atom. The number of hydrogen-bond donors (Lipinski definition) is 2. The molecule has 0 aliphatic carbocycles. The predicted octanol–water partition coefficient (Wildman–Crippen LogP) is 6.72. The zero-order valence-electron chi connectivity index (χ0n) is 26.2. The smallest absolute Gasteiger partial charge is 0.251 e. The van der Waals surface area contributed by atoms with E-state index in [1.54, 1.807) is 0 Å². The summed E-state index contributed by atoms with van der Waals surface area (Å²) in [5.41, 5.74) is 7.60. The Balaban J connectivity index is 0.00000118. The third kappa shape index (κ3) is 8.02. The molecule has 1 unspecified atom stereocenters. The Morgan fingerprint density at radius 3 is 2.37 bits per heavy atom. The van der Waals surface area contributed by atoms with Gasteiger partial charge < -0.3 is 15.4 Å². The standard InChI is InChI=1S/C30H35N5O2.2C2H6.H2/c1-18-11-24(12-19(2)22(18)5)30(36)32-15-25-13-28-23(14-31-25)9-10-27(33-28)26-7-6-8-29(34-26)35-16-20(3)37-21(4)17-35;2*1-2;/h6-14,20-21,29,34H,15-17H2,1-5H3,(H,32,36);2*1-2H3;1H/t20-,21+,29?;;;. The minimum absolute atomic E-state index is 0. The van der Waals surface area contributed by atoms with Gasteiger partial charge in [-0.1, -0.05) is 33.8 Å². The van der Waals surface area contributed by atoms with E-state index in [0.717, 1.165) is 52.2 Å². The van der Waals surface area contributed by atoms with Crippen LogP contribution in [0.25, 0.3) is 16.6 Å². The van der Waals surface area contributed by atoms with Crippen LogP contribution < -0.4 is 10.6 Å². The monoisotopic (exact) mass is 559 g/mol. The summed E-state index contributed by atoms with van der Waals surface area (Å²) in [6.45, 7) is 20.5. The van der Waals surface area contributed by atoms with Crippen LogP contribution in [0.5, 0.6) is 0 Å². The van der Waals surface area contributed by atoms with E-state index in [-0.39, 0.29) is 25.7 Å². The van der Waals surface area contributed by atoms with Gasteiger partial charge in [0.2, 0.25) is 0 Å². The summed E-state index contributed by atoms with van der Waals surface area (Å²) in [4.78, 5) is 24.6. The van der Waals surface area contributed by atoms with Crippen LogP contribution >= 0.6 is 0 Å². The molecule has 7 heteroatoms. The van der Waals surface area contributed by atoms with Gasteiger partial charge in [-0.05, 0) is 93.8 Å². The number of allylic oxidation sites excluding steroid dienone is 2. The van der Waals surface area contributed by atoms with Crippen LogP contribution in [0.15, 0.2) is 54.8 Å². The van der Waals surface area contributed by atoms with Crippen molar-refractivity contribution in [2.75, 3.05) is 13.1 Å². The Morgan fingerprint density at radius 1 is 1.05 bits per heavy atom. The van der Waals surface area contributed by atoms with Crippen LogP contribution in [0, 0.1) is 20.8 Å². The summed E-state index contributed by atoms with van der Waals surface area (Å²) < 4.78 is 5.90. The molecule has 2 aliphatic heterocycles. The quantitative estimate of drug-likeness (QED) is 0.361. The van der Waals surface area contributed by atoms with Gasteiger partial charge in [-0.2, -0.15) is 0 Å². The van der Waals surface area contributed by atoms with E-state index >= 15 is 0 Å². The number of hydrogen-bond acceptors (Lipinski definition) is 6. The second-order valence-electron chi connectivity index (χ2n) is 10.2. The van der Waals surface area contributed by atoms with Crippen molar-refractivity contribution in [2.24, 2.45) is 0 Å². The Labute approximate surface area is 247 Å². The lowest BCUT2D eigenvalue weighted by Gasteiger charge is -2.40. The predicted molar refractivity (Wildman–Crippen MR) is 172 cm³/mol. The summed E-state index contributed by atoms with van der Waals surface area (Å²) in [5, 5.41) is 7.60. The third-order valence-electron chi connectivity index (χ3n) is 7.23. The molecular formula is C34H49N5O2. The number of nitrogens with zero attached hydrogens (tertiary/aromatic N) is 3. The van der Waals surface area contributed by atoms with E-state index in [4.69, 9.17) is 9.72 Å². The molecule has 41 heavy (non-hydrogen) atoms. The van der Waals surface area contributed by atoms with Crippen molar-refractivity contribution < 1.29 is 11.0 Å². The first-order valence-corrected chi connectivity index (χ1v) is 14.9. The van der Waals surface area contributed by atoms with Gasteiger partial charge in [-0.25, -0.2) is 4.98 Å². The zero-order valence-corrected chi connectivity index (χ0v) is 26.2. The number of carbonyl (C=O) groups is 1. The van der Waals surface area contributed by atoms with Crippen LogP contribution in [0.1, 0.15) is 81.4 Å². The maximum absolute atomic E-state index is 12.8. The average molecular weight is 560 g/mol. The number of amides is 1. The Hall–Kier alpha value is -3.55. The van der Waals surface area contributed by atoms with Gasteiger partial charge >= 0.3 is 0 Å². The molecule has 1 fully saturated rings. The number of benzene rings is 1. The number of aromatic nitrogens is 2. The fraction of sp³-hybridized carbons (Fsp3) is 0.441. The molecule has 2 aromatic heterocycles. The molecule has 2 N–H and O–H groups in total. The first-order chi connectivity index (χ1) is 19.8. The molecule has 1 saturated heterocycles. The van der Waals surface area contributed by atoms with Gasteiger partial charge in [0.05, 0.1) is 47.5 Å². The molecule has 0 saturated carbocycles. The van der Waals surface area contributed by atoms with Gasteiger partial charge in [0.15, 0.2) is 0 Å². The molecule has 1 amide bonds. The summed E-state index contributed by atoms with van der Waals surface area (Å²) in [6, 6.07) is 9.88. The SMILES string of the molecule is CC.CC.Cc1cc(C(=O)NCc2cc3nc(C4=CC=CC(N5C[C@@H](C)O[C@@H](C)C5)N4)ccc3cn2)cc(C)c1C.[HH]. The number of nitrogens with one attached hydrogen (secondary N) is 2. The second kappa shape index (κ2) is 14.9. The number of pyridine rings is 2. The molecule has 222 valence electrons. The fourth-order valence-electron chi connectivity index (χ4n) is 5.07. The molecule has 4 heterocycles. The fourth-order valence-corrected chi connectivity index (χ4v) is 5.07. The first kappa shape index (κ1) is 32.0.